The summed E-state index contributed by atoms with van der Waals surface area (Å²) >= 11 is 5.98. The first-order valence-electron chi connectivity index (χ1n) is 5.51. The minimum atomic E-state index is 0.282. The van der Waals surface area contributed by atoms with Crippen molar-refractivity contribution in [3.05, 3.63) is 0 Å². The van der Waals surface area contributed by atoms with E-state index < -0.39 is 0 Å². The van der Waals surface area contributed by atoms with Gasteiger partial charge in [-0.25, -0.2) is 0 Å². The number of halogens is 1. The lowest BCUT2D eigenvalue weighted by Gasteiger charge is -2.29. The van der Waals surface area contributed by atoms with Crippen LogP contribution in [0, 0.1) is 5.92 Å². The third kappa shape index (κ3) is 3.87. The van der Waals surface area contributed by atoms with Crippen LogP contribution in [0.3, 0.4) is 0 Å². The van der Waals surface area contributed by atoms with Gasteiger partial charge in [0.05, 0.1) is 0 Å². The second kappa shape index (κ2) is 5.59. The average Bonchev–Trinajstić information content (AvgIpc) is 2.15. The van der Waals surface area contributed by atoms with Crippen molar-refractivity contribution in [3.63, 3.8) is 0 Å². The predicted octanol–water partition coefficient (Wildman–Crippen LogP) is 2.65. The summed E-state index contributed by atoms with van der Waals surface area (Å²) in [6, 6.07) is 0. The summed E-state index contributed by atoms with van der Waals surface area (Å²) in [6.45, 7) is 6.01. The zero-order valence-electron chi connectivity index (χ0n) is 9.13. The highest BCUT2D eigenvalue weighted by atomic mass is 35.5. The Morgan fingerprint density at radius 2 is 2.00 bits per heavy atom. The monoisotopic (exact) mass is 217 g/mol. The molecule has 0 N–H and O–H groups in total. The number of alkyl halides is 1. The molecule has 3 heteroatoms. The molecule has 0 radical (unpaired) electrons. The number of nitrogens with zero attached hydrogens (tertiary/aromatic N) is 1. The molecule has 0 aromatic rings. The number of carbonyl (C=O) groups excluding carboxylic acids is 1. The zero-order chi connectivity index (χ0) is 10.6. The predicted molar refractivity (Wildman–Crippen MR) is 59.5 cm³/mol. The molecule has 2 nitrogen and oxygen atoms in total. The van der Waals surface area contributed by atoms with Crippen LogP contribution in [0.4, 0.5) is 0 Å². The van der Waals surface area contributed by atoms with Crippen molar-refractivity contribution in [2.24, 2.45) is 5.92 Å². The number of hydrogen-bond donors (Lipinski definition) is 0. The number of piperidine rings is 1. The maximum Gasteiger partial charge on any atom is 0.222 e. The first kappa shape index (κ1) is 11.8. The molecule has 1 rings (SSSR count). The Labute approximate surface area is 91.6 Å². The zero-order valence-corrected chi connectivity index (χ0v) is 9.89. The van der Waals surface area contributed by atoms with Crippen molar-refractivity contribution >= 4 is 17.5 Å². The second-order valence-corrected chi connectivity index (χ2v) is 5.11. The van der Waals surface area contributed by atoms with Crippen LogP contribution in [0.5, 0.6) is 0 Å². The van der Waals surface area contributed by atoms with Gasteiger partial charge in [0.15, 0.2) is 0 Å². The van der Waals surface area contributed by atoms with Gasteiger partial charge in [0.2, 0.25) is 5.91 Å². The molecule has 0 spiro atoms. The number of likely N-dealkylation sites (tertiary alicyclic amines) is 1. The Bertz CT molecular complexity index is 186. The molecule has 1 saturated heterocycles. The normalized spacial score (nSPS) is 19.0. The molecule has 1 aliphatic heterocycles. The fourth-order valence-corrected chi connectivity index (χ4v) is 1.86. The summed E-state index contributed by atoms with van der Waals surface area (Å²) in [4.78, 5) is 13.7. The Morgan fingerprint density at radius 1 is 1.43 bits per heavy atom. The molecule has 0 saturated carbocycles. The first-order chi connectivity index (χ1) is 6.59. The van der Waals surface area contributed by atoms with E-state index >= 15 is 0 Å². The molecule has 0 atom stereocenters. The Morgan fingerprint density at radius 3 is 2.50 bits per heavy atom. The van der Waals surface area contributed by atoms with E-state index in [2.05, 4.69) is 13.8 Å². The third-order valence-electron chi connectivity index (χ3n) is 2.71. The molecular formula is C11H20ClNO. The molecule has 82 valence electrons. The molecule has 0 aromatic heterocycles. The van der Waals surface area contributed by atoms with E-state index in [1.807, 2.05) is 4.90 Å². The summed E-state index contributed by atoms with van der Waals surface area (Å²) in [5.74, 6) is 0.923. The van der Waals surface area contributed by atoms with Crippen molar-refractivity contribution < 1.29 is 4.79 Å². The van der Waals surface area contributed by atoms with E-state index in [0.29, 0.717) is 18.2 Å². The standard InChI is InChI=1S/C11H20ClNO/c1-9(2)3-4-11(14)13-7-5-10(12)6-8-13/h9-10H,3-8H2,1-2H3. The van der Waals surface area contributed by atoms with E-state index in [1.54, 1.807) is 0 Å². The summed E-state index contributed by atoms with van der Waals surface area (Å²) in [6.07, 6.45) is 3.61. The lowest BCUT2D eigenvalue weighted by Crippen LogP contribution is -2.38. The van der Waals surface area contributed by atoms with E-state index in [9.17, 15) is 4.79 Å². The van der Waals surface area contributed by atoms with Crippen molar-refractivity contribution in [1.29, 1.82) is 0 Å². The highest BCUT2D eigenvalue weighted by Gasteiger charge is 2.20. The fourth-order valence-electron chi connectivity index (χ4n) is 1.67. The molecular weight excluding hydrogens is 198 g/mol. The van der Waals surface area contributed by atoms with Crippen LogP contribution in [0.25, 0.3) is 0 Å². The van der Waals surface area contributed by atoms with Gasteiger partial charge in [0.1, 0.15) is 0 Å². The van der Waals surface area contributed by atoms with Crippen LogP contribution in [-0.4, -0.2) is 29.3 Å². The van der Waals surface area contributed by atoms with E-state index in [-0.39, 0.29) is 5.38 Å². The molecule has 1 heterocycles. The van der Waals surface area contributed by atoms with Gasteiger partial charge in [0, 0.05) is 24.9 Å². The molecule has 1 amide bonds. The highest BCUT2D eigenvalue weighted by molar-refractivity contribution is 6.20. The van der Waals surface area contributed by atoms with Crippen LogP contribution in [-0.2, 0) is 4.79 Å². The van der Waals surface area contributed by atoms with Gasteiger partial charge in [-0.1, -0.05) is 13.8 Å². The van der Waals surface area contributed by atoms with Crippen molar-refractivity contribution in [2.45, 2.75) is 44.9 Å². The SMILES string of the molecule is CC(C)CCC(=O)N1CCC(Cl)CC1. The van der Waals surface area contributed by atoms with Gasteiger partial charge < -0.3 is 4.90 Å². The average molecular weight is 218 g/mol. The lowest BCUT2D eigenvalue weighted by molar-refractivity contribution is -0.132. The summed E-state index contributed by atoms with van der Waals surface area (Å²) < 4.78 is 0. The van der Waals surface area contributed by atoms with Gasteiger partial charge in [-0.3, -0.25) is 4.79 Å². The maximum atomic E-state index is 11.7. The summed E-state index contributed by atoms with van der Waals surface area (Å²) in [7, 11) is 0. The molecule has 0 bridgehead atoms. The van der Waals surface area contributed by atoms with Crippen molar-refractivity contribution in [3.8, 4) is 0 Å². The minimum absolute atomic E-state index is 0.282. The fraction of sp³-hybridized carbons (Fsp3) is 0.909. The Kier molecular flexibility index (Phi) is 4.73. The number of hydrogen-bond acceptors (Lipinski definition) is 1. The first-order valence-corrected chi connectivity index (χ1v) is 5.95. The van der Waals surface area contributed by atoms with Gasteiger partial charge in [-0.15, -0.1) is 11.6 Å². The van der Waals surface area contributed by atoms with Crippen LogP contribution < -0.4 is 0 Å². The summed E-state index contributed by atoms with van der Waals surface area (Å²) in [5, 5.41) is 0.282. The van der Waals surface area contributed by atoms with Crippen LogP contribution in [0.15, 0.2) is 0 Å². The molecule has 14 heavy (non-hydrogen) atoms. The molecule has 1 fully saturated rings. The van der Waals surface area contributed by atoms with E-state index in [1.165, 1.54) is 0 Å². The van der Waals surface area contributed by atoms with Crippen LogP contribution in [0.2, 0.25) is 0 Å². The third-order valence-corrected chi connectivity index (χ3v) is 3.15. The largest absolute Gasteiger partial charge is 0.343 e. The number of rotatable bonds is 3. The topological polar surface area (TPSA) is 20.3 Å². The molecule has 1 aliphatic rings. The number of amides is 1. The van der Waals surface area contributed by atoms with Crippen molar-refractivity contribution in [2.75, 3.05) is 13.1 Å². The van der Waals surface area contributed by atoms with Gasteiger partial charge in [0.25, 0.3) is 0 Å². The Balaban J connectivity index is 2.24. The quantitative estimate of drug-likeness (QED) is 0.666. The molecule has 0 aromatic carbocycles. The minimum Gasteiger partial charge on any atom is -0.343 e. The van der Waals surface area contributed by atoms with Gasteiger partial charge in [-0.2, -0.15) is 0 Å². The van der Waals surface area contributed by atoms with Gasteiger partial charge >= 0.3 is 0 Å². The van der Waals surface area contributed by atoms with Crippen LogP contribution >= 0.6 is 11.6 Å². The Hall–Kier alpha value is -0.240. The van der Waals surface area contributed by atoms with E-state index in [0.717, 1.165) is 32.4 Å². The number of carbonyl (C=O) groups is 1. The smallest absolute Gasteiger partial charge is 0.222 e. The highest BCUT2D eigenvalue weighted by Crippen LogP contribution is 2.17. The van der Waals surface area contributed by atoms with Crippen molar-refractivity contribution in [1.82, 2.24) is 4.90 Å². The molecule has 0 unspecified atom stereocenters. The van der Waals surface area contributed by atoms with Crippen LogP contribution in [0.1, 0.15) is 39.5 Å². The maximum absolute atomic E-state index is 11.7. The van der Waals surface area contributed by atoms with Gasteiger partial charge in [-0.05, 0) is 25.2 Å². The van der Waals surface area contributed by atoms with E-state index in [4.69, 9.17) is 11.6 Å². The second-order valence-electron chi connectivity index (χ2n) is 4.49. The molecule has 0 aliphatic carbocycles. The summed E-state index contributed by atoms with van der Waals surface area (Å²) in [5.41, 5.74) is 0. The lowest BCUT2D eigenvalue weighted by atomic mass is 10.1.